The van der Waals surface area contributed by atoms with Crippen LogP contribution in [-0.4, -0.2) is 22.7 Å². The predicted molar refractivity (Wildman–Crippen MR) is 53.6 cm³/mol. The van der Waals surface area contributed by atoms with E-state index in [2.05, 4.69) is 5.10 Å². The lowest BCUT2D eigenvalue weighted by Crippen LogP contribution is -2.19. The Hall–Kier alpha value is -2.24. The Bertz CT molecular complexity index is 499. The summed E-state index contributed by atoms with van der Waals surface area (Å²) in [5, 5.41) is 13.2. The van der Waals surface area contributed by atoms with Crippen LogP contribution in [0.4, 0.5) is 10.1 Å². The SMILES string of the molecule is O=C(O)C1=NN(c2cccc(F)c2)C(=O)C1. The molecule has 1 heterocycles. The molecule has 0 saturated heterocycles. The molecule has 5 nitrogen and oxygen atoms in total. The van der Waals surface area contributed by atoms with Gasteiger partial charge in [0.15, 0.2) is 5.71 Å². The van der Waals surface area contributed by atoms with E-state index in [9.17, 15) is 14.0 Å². The highest BCUT2D eigenvalue weighted by Gasteiger charge is 2.29. The number of aliphatic carboxylic acids is 1. The summed E-state index contributed by atoms with van der Waals surface area (Å²) in [7, 11) is 0. The average molecular weight is 222 g/mol. The van der Waals surface area contributed by atoms with Crippen LogP contribution in [-0.2, 0) is 9.59 Å². The summed E-state index contributed by atoms with van der Waals surface area (Å²) in [6, 6.07) is 5.25. The van der Waals surface area contributed by atoms with E-state index in [0.29, 0.717) is 0 Å². The molecule has 2 rings (SSSR count). The molecular formula is C10H7FN2O3. The van der Waals surface area contributed by atoms with Crippen molar-refractivity contribution in [1.29, 1.82) is 0 Å². The minimum atomic E-state index is -1.24. The number of amides is 1. The molecule has 0 saturated carbocycles. The summed E-state index contributed by atoms with van der Waals surface area (Å²) < 4.78 is 12.9. The highest BCUT2D eigenvalue weighted by Crippen LogP contribution is 2.21. The second-order valence-electron chi connectivity index (χ2n) is 3.21. The number of halogens is 1. The van der Waals surface area contributed by atoms with Gasteiger partial charge in [-0.3, -0.25) is 4.79 Å². The van der Waals surface area contributed by atoms with Crippen LogP contribution in [0.3, 0.4) is 0 Å². The highest BCUT2D eigenvalue weighted by molar-refractivity contribution is 6.42. The minimum Gasteiger partial charge on any atom is -0.477 e. The standard InChI is InChI=1S/C10H7FN2O3/c11-6-2-1-3-7(4-6)13-9(14)5-8(12-13)10(15)16/h1-4H,5H2,(H,15,16). The number of hydrogen-bond donors (Lipinski definition) is 1. The maximum Gasteiger partial charge on any atom is 0.352 e. The number of carboxylic acid groups (broad SMARTS) is 1. The minimum absolute atomic E-state index is 0.223. The molecule has 1 aromatic rings. The van der Waals surface area contributed by atoms with Crippen molar-refractivity contribution in [3.63, 3.8) is 0 Å². The first-order valence-electron chi connectivity index (χ1n) is 4.47. The maximum atomic E-state index is 12.9. The third kappa shape index (κ3) is 1.77. The van der Waals surface area contributed by atoms with E-state index in [1.807, 2.05) is 0 Å². The number of anilines is 1. The van der Waals surface area contributed by atoms with Crippen molar-refractivity contribution in [3.8, 4) is 0 Å². The number of carbonyl (C=O) groups is 2. The zero-order valence-corrected chi connectivity index (χ0v) is 8.05. The largest absolute Gasteiger partial charge is 0.477 e. The van der Waals surface area contributed by atoms with Gasteiger partial charge in [-0.2, -0.15) is 10.1 Å². The summed E-state index contributed by atoms with van der Waals surface area (Å²) in [5.74, 6) is -2.24. The van der Waals surface area contributed by atoms with Crippen molar-refractivity contribution in [3.05, 3.63) is 30.1 Å². The molecule has 16 heavy (non-hydrogen) atoms. The Balaban J connectivity index is 2.35. The Morgan fingerprint density at radius 2 is 2.25 bits per heavy atom. The number of rotatable bonds is 2. The summed E-state index contributed by atoms with van der Waals surface area (Å²) in [5.41, 5.74) is -0.0180. The van der Waals surface area contributed by atoms with Crippen molar-refractivity contribution >= 4 is 23.3 Å². The first kappa shape index (κ1) is 10.3. The molecule has 1 aromatic carbocycles. The van der Waals surface area contributed by atoms with E-state index in [-0.39, 0.29) is 17.8 Å². The van der Waals surface area contributed by atoms with Crippen molar-refractivity contribution in [1.82, 2.24) is 0 Å². The first-order chi connectivity index (χ1) is 7.58. The summed E-state index contributed by atoms with van der Waals surface area (Å²) >= 11 is 0. The molecule has 1 N–H and O–H groups in total. The van der Waals surface area contributed by atoms with Crippen LogP contribution in [0, 0.1) is 5.82 Å². The van der Waals surface area contributed by atoms with E-state index in [1.54, 1.807) is 0 Å². The van der Waals surface area contributed by atoms with Gasteiger partial charge < -0.3 is 5.11 Å². The fraction of sp³-hybridized carbons (Fsp3) is 0.100. The van der Waals surface area contributed by atoms with Gasteiger partial charge in [-0.25, -0.2) is 9.18 Å². The highest BCUT2D eigenvalue weighted by atomic mass is 19.1. The molecular weight excluding hydrogens is 215 g/mol. The van der Waals surface area contributed by atoms with Gasteiger partial charge in [-0.05, 0) is 18.2 Å². The lowest BCUT2D eigenvalue weighted by atomic mass is 10.2. The maximum absolute atomic E-state index is 12.9. The number of hydrazone groups is 1. The molecule has 0 atom stereocenters. The quantitative estimate of drug-likeness (QED) is 0.811. The van der Waals surface area contributed by atoms with Crippen LogP contribution >= 0.6 is 0 Å². The molecule has 0 aromatic heterocycles. The van der Waals surface area contributed by atoms with Gasteiger partial charge in [0.1, 0.15) is 5.82 Å². The normalized spacial score (nSPS) is 15.2. The van der Waals surface area contributed by atoms with Crippen LogP contribution in [0.2, 0.25) is 0 Å². The van der Waals surface area contributed by atoms with Gasteiger partial charge in [-0.15, -0.1) is 0 Å². The number of nitrogens with zero attached hydrogens (tertiary/aromatic N) is 2. The molecule has 1 aliphatic heterocycles. The molecule has 0 spiro atoms. The summed E-state index contributed by atoms with van der Waals surface area (Å²) in [6.07, 6.45) is -0.272. The average Bonchev–Trinajstić information content (AvgIpc) is 2.60. The number of carboxylic acids is 1. The zero-order valence-electron chi connectivity index (χ0n) is 8.05. The summed E-state index contributed by atoms with van der Waals surface area (Å²) in [4.78, 5) is 22.0. The van der Waals surface area contributed by atoms with Gasteiger partial charge in [0.2, 0.25) is 0 Å². The number of hydrogen-bond acceptors (Lipinski definition) is 3. The Morgan fingerprint density at radius 3 is 2.81 bits per heavy atom. The first-order valence-corrected chi connectivity index (χ1v) is 4.47. The van der Waals surface area contributed by atoms with Gasteiger partial charge in [-0.1, -0.05) is 6.07 Å². The Kier molecular flexibility index (Phi) is 2.40. The Morgan fingerprint density at radius 1 is 1.50 bits per heavy atom. The van der Waals surface area contributed by atoms with Gasteiger partial charge in [0.05, 0.1) is 12.1 Å². The van der Waals surface area contributed by atoms with Crippen LogP contribution < -0.4 is 5.01 Å². The molecule has 0 bridgehead atoms. The third-order valence-electron chi connectivity index (χ3n) is 2.08. The Labute approximate surface area is 89.8 Å². The third-order valence-corrected chi connectivity index (χ3v) is 2.08. The monoisotopic (exact) mass is 222 g/mol. The van der Waals surface area contributed by atoms with Crippen molar-refractivity contribution in [2.75, 3.05) is 5.01 Å². The van der Waals surface area contributed by atoms with Crippen LogP contribution in [0.1, 0.15) is 6.42 Å². The van der Waals surface area contributed by atoms with E-state index in [4.69, 9.17) is 5.11 Å². The molecule has 0 fully saturated rings. The molecule has 0 radical (unpaired) electrons. The molecule has 0 unspecified atom stereocenters. The smallest absolute Gasteiger partial charge is 0.352 e. The van der Waals surface area contributed by atoms with Crippen molar-refractivity contribution < 1.29 is 19.1 Å². The van der Waals surface area contributed by atoms with E-state index < -0.39 is 17.7 Å². The second-order valence-corrected chi connectivity index (χ2v) is 3.21. The lowest BCUT2D eigenvalue weighted by Gasteiger charge is -2.10. The number of benzene rings is 1. The molecule has 0 aliphatic carbocycles. The van der Waals surface area contributed by atoms with Crippen LogP contribution in [0.5, 0.6) is 0 Å². The second kappa shape index (κ2) is 3.73. The van der Waals surface area contributed by atoms with Gasteiger partial charge in [0.25, 0.3) is 5.91 Å². The number of carbonyl (C=O) groups excluding carboxylic acids is 1. The van der Waals surface area contributed by atoms with E-state index in [1.165, 1.54) is 18.2 Å². The van der Waals surface area contributed by atoms with E-state index in [0.717, 1.165) is 11.1 Å². The zero-order chi connectivity index (χ0) is 11.7. The topological polar surface area (TPSA) is 70.0 Å². The van der Waals surface area contributed by atoms with E-state index >= 15 is 0 Å². The molecule has 1 aliphatic rings. The van der Waals surface area contributed by atoms with Crippen LogP contribution in [0.15, 0.2) is 29.4 Å². The molecule has 6 heteroatoms. The van der Waals surface area contributed by atoms with Crippen molar-refractivity contribution in [2.24, 2.45) is 5.10 Å². The predicted octanol–water partition coefficient (Wildman–Crippen LogP) is 1.00. The van der Waals surface area contributed by atoms with Gasteiger partial charge >= 0.3 is 5.97 Å². The fourth-order valence-corrected chi connectivity index (χ4v) is 1.36. The van der Waals surface area contributed by atoms with Gasteiger partial charge in [0, 0.05) is 0 Å². The fourth-order valence-electron chi connectivity index (χ4n) is 1.36. The summed E-state index contributed by atoms with van der Waals surface area (Å²) in [6.45, 7) is 0. The van der Waals surface area contributed by atoms with Crippen molar-refractivity contribution in [2.45, 2.75) is 6.42 Å². The van der Waals surface area contributed by atoms with Crippen LogP contribution in [0.25, 0.3) is 0 Å². The lowest BCUT2D eigenvalue weighted by molar-refractivity contribution is -0.129. The molecule has 82 valence electrons. The molecule has 1 amide bonds.